The van der Waals surface area contributed by atoms with E-state index in [2.05, 4.69) is 15.3 Å². The van der Waals surface area contributed by atoms with E-state index < -0.39 is 5.25 Å². The number of nitrogens with one attached hydrogen (secondary N) is 2. The number of amides is 1. The fourth-order valence-corrected chi connectivity index (χ4v) is 3.02. The molecule has 2 N–H and O–H groups in total. The van der Waals surface area contributed by atoms with Crippen LogP contribution in [0.15, 0.2) is 40.3 Å². The maximum Gasteiger partial charge on any atom is 0.251 e. The number of hydrogen-bond acceptors (Lipinski definition) is 5. The van der Waals surface area contributed by atoms with E-state index in [0.29, 0.717) is 17.5 Å². The van der Waals surface area contributed by atoms with Crippen LogP contribution >= 0.6 is 11.8 Å². The van der Waals surface area contributed by atoms with Crippen molar-refractivity contribution < 1.29 is 9.53 Å². The predicted octanol–water partition coefficient (Wildman–Crippen LogP) is 3.24. The molecule has 1 aromatic carbocycles. The number of carbonyl (C=O) groups excluding carboxylic acids is 1. The van der Waals surface area contributed by atoms with Gasteiger partial charge in [0.1, 0.15) is 5.75 Å². The van der Waals surface area contributed by atoms with E-state index in [1.165, 1.54) is 17.8 Å². The number of rotatable bonds is 8. The maximum absolute atomic E-state index is 12.3. The summed E-state index contributed by atoms with van der Waals surface area (Å²) in [6.07, 6.45) is 1.65. The minimum Gasteiger partial charge on any atom is -0.494 e. The minimum atomic E-state index is -0.397. The van der Waals surface area contributed by atoms with Crippen molar-refractivity contribution in [2.45, 2.75) is 44.0 Å². The summed E-state index contributed by atoms with van der Waals surface area (Å²) in [5, 5.41) is 2.92. The van der Waals surface area contributed by atoms with Crippen molar-refractivity contribution in [3.63, 3.8) is 0 Å². The predicted molar refractivity (Wildman–Crippen MR) is 100 cm³/mol. The van der Waals surface area contributed by atoms with Crippen molar-refractivity contribution in [2.24, 2.45) is 0 Å². The van der Waals surface area contributed by atoms with Gasteiger partial charge in [0.25, 0.3) is 5.56 Å². The second-order valence-electron chi connectivity index (χ2n) is 5.50. The fourth-order valence-electron chi connectivity index (χ4n) is 2.19. The van der Waals surface area contributed by atoms with E-state index in [1.54, 1.807) is 19.1 Å². The Morgan fingerprint density at radius 3 is 2.68 bits per heavy atom. The first kappa shape index (κ1) is 19.1. The van der Waals surface area contributed by atoms with Gasteiger partial charge < -0.3 is 15.0 Å². The van der Waals surface area contributed by atoms with Crippen LogP contribution in [0.1, 0.15) is 32.9 Å². The van der Waals surface area contributed by atoms with E-state index in [-0.39, 0.29) is 11.5 Å². The molecular weight excluding hydrogens is 338 g/mol. The van der Waals surface area contributed by atoms with Crippen molar-refractivity contribution >= 4 is 23.4 Å². The SMILES string of the molecule is CCCc1cc(=O)[nH]c(SC(C)C(=O)Nc2ccc(OCC)cc2)n1. The summed E-state index contributed by atoms with van der Waals surface area (Å²) < 4.78 is 5.38. The van der Waals surface area contributed by atoms with E-state index in [0.717, 1.165) is 24.3 Å². The molecule has 0 aliphatic heterocycles. The molecule has 0 fully saturated rings. The summed E-state index contributed by atoms with van der Waals surface area (Å²) in [4.78, 5) is 31.1. The second-order valence-corrected chi connectivity index (χ2v) is 6.83. The number of hydrogen-bond donors (Lipinski definition) is 2. The van der Waals surface area contributed by atoms with Crippen LogP contribution < -0.4 is 15.6 Å². The van der Waals surface area contributed by atoms with E-state index in [4.69, 9.17) is 4.74 Å². The average molecular weight is 361 g/mol. The van der Waals surface area contributed by atoms with Crippen molar-refractivity contribution in [3.8, 4) is 5.75 Å². The number of nitrogens with zero attached hydrogens (tertiary/aromatic N) is 1. The highest BCUT2D eigenvalue weighted by Crippen LogP contribution is 2.21. The molecule has 0 aliphatic rings. The van der Waals surface area contributed by atoms with Crippen LogP contribution in [0, 0.1) is 0 Å². The molecule has 134 valence electrons. The lowest BCUT2D eigenvalue weighted by Gasteiger charge is -2.12. The number of thioether (sulfide) groups is 1. The lowest BCUT2D eigenvalue weighted by Crippen LogP contribution is -2.23. The third kappa shape index (κ3) is 5.94. The summed E-state index contributed by atoms with van der Waals surface area (Å²) in [6.45, 7) is 6.33. The third-order valence-corrected chi connectivity index (χ3v) is 4.35. The molecule has 1 unspecified atom stereocenters. The average Bonchev–Trinajstić information content (AvgIpc) is 2.56. The zero-order valence-electron chi connectivity index (χ0n) is 14.7. The quantitative estimate of drug-likeness (QED) is 0.557. The van der Waals surface area contributed by atoms with Gasteiger partial charge in [-0.1, -0.05) is 25.1 Å². The van der Waals surface area contributed by atoms with E-state index >= 15 is 0 Å². The standard InChI is InChI=1S/C18H23N3O3S/c1-4-6-14-11-16(22)21-18(20-14)25-12(3)17(23)19-13-7-9-15(10-8-13)24-5-2/h7-12H,4-6H2,1-3H3,(H,19,23)(H,20,21,22). The zero-order chi connectivity index (χ0) is 18.2. The molecule has 2 aromatic rings. The maximum atomic E-state index is 12.3. The Morgan fingerprint density at radius 2 is 2.04 bits per heavy atom. The molecular formula is C18H23N3O3S. The molecule has 0 bridgehead atoms. The molecule has 0 saturated heterocycles. The molecule has 1 amide bonds. The number of H-pyrrole nitrogens is 1. The van der Waals surface area contributed by atoms with Crippen LogP contribution in [-0.2, 0) is 11.2 Å². The highest BCUT2D eigenvalue weighted by molar-refractivity contribution is 8.00. The van der Waals surface area contributed by atoms with E-state index in [1.807, 2.05) is 26.0 Å². The smallest absolute Gasteiger partial charge is 0.251 e. The summed E-state index contributed by atoms with van der Waals surface area (Å²) in [5.74, 6) is 0.607. The lowest BCUT2D eigenvalue weighted by molar-refractivity contribution is -0.115. The van der Waals surface area contributed by atoms with Gasteiger partial charge in [0.2, 0.25) is 5.91 Å². The summed E-state index contributed by atoms with van der Waals surface area (Å²) in [6, 6.07) is 8.71. The molecule has 6 nitrogen and oxygen atoms in total. The number of carbonyl (C=O) groups is 1. The van der Waals surface area contributed by atoms with Crippen LogP contribution in [-0.4, -0.2) is 27.7 Å². The second kappa shape index (κ2) is 9.27. The van der Waals surface area contributed by atoms with Crippen LogP contribution in [0.2, 0.25) is 0 Å². The Kier molecular flexibility index (Phi) is 7.06. The molecule has 0 saturated carbocycles. The van der Waals surface area contributed by atoms with Crippen molar-refractivity contribution in [1.29, 1.82) is 0 Å². The van der Waals surface area contributed by atoms with Crippen LogP contribution in [0.4, 0.5) is 5.69 Å². The number of aromatic amines is 1. The molecule has 25 heavy (non-hydrogen) atoms. The Hall–Kier alpha value is -2.28. The first-order valence-corrected chi connectivity index (χ1v) is 9.20. The number of aromatic nitrogens is 2. The molecule has 2 rings (SSSR count). The molecule has 0 spiro atoms. The summed E-state index contributed by atoms with van der Waals surface area (Å²) >= 11 is 1.23. The van der Waals surface area contributed by atoms with Gasteiger partial charge in [0, 0.05) is 17.4 Å². The van der Waals surface area contributed by atoms with Crippen molar-refractivity contribution in [3.05, 3.63) is 46.4 Å². The largest absolute Gasteiger partial charge is 0.494 e. The van der Waals surface area contributed by atoms with Crippen LogP contribution in [0.5, 0.6) is 5.75 Å². The van der Waals surface area contributed by atoms with Gasteiger partial charge in [-0.3, -0.25) is 9.59 Å². The monoisotopic (exact) mass is 361 g/mol. The Bertz CT molecular complexity index is 759. The highest BCUT2D eigenvalue weighted by atomic mass is 32.2. The third-order valence-electron chi connectivity index (χ3n) is 3.37. The van der Waals surface area contributed by atoms with Gasteiger partial charge in [-0.15, -0.1) is 0 Å². The number of benzene rings is 1. The first-order chi connectivity index (χ1) is 12.0. The molecule has 1 atom stereocenters. The van der Waals surface area contributed by atoms with Gasteiger partial charge in [-0.05, 0) is 44.5 Å². The number of anilines is 1. The van der Waals surface area contributed by atoms with Gasteiger partial charge >= 0.3 is 0 Å². The van der Waals surface area contributed by atoms with Gasteiger partial charge in [0.05, 0.1) is 11.9 Å². The van der Waals surface area contributed by atoms with Gasteiger partial charge in [0.15, 0.2) is 5.16 Å². The lowest BCUT2D eigenvalue weighted by atomic mass is 10.2. The summed E-state index contributed by atoms with van der Waals surface area (Å²) in [7, 11) is 0. The van der Waals surface area contributed by atoms with Gasteiger partial charge in [-0.2, -0.15) is 0 Å². The van der Waals surface area contributed by atoms with Crippen LogP contribution in [0.3, 0.4) is 0 Å². The topological polar surface area (TPSA) is 84.1 Å². The fraction of sp³-hybridized carbons (Fsp3) is 0.389. The van der Waals surface area contributed by atoms with Crippen molar-refractivity contribution in [2.75, 3.05) is 11.9 Å². The summed E-state index contributed by atoms with van der Waals surface area (Å²) in [5.41, 5.74) is 1.25. The highest BCUT2D eigenvalue weighted by Gasteiger charge is 2.16. The Balaban J connectivity index is 1.99. The Labute approximate surface area is 151 Å². The van der Waals surface area contributed by atoms with E-state index in [9.17, 15) is 9.59 Å². The molecule has 1 heterocycles. The first-order valence-electron chi connectivity index (χ1n) is 8.32. The molecule has 0 aliphatic carbocycles. The van der Waals surface area contributed by atoms with Crippen LogP contribution in [0.25, 0.3) is 0 Å². The number of ether oxygens (including phenoxy) is 1. The molecule has 7 heteroatoms. The Morgan fingerprint density at radius 1 is 1.32 bits per heavy atom. The normalized spacial score (nSPS) is 11.8. The minimum absolute atomic E-state index is 0.155. The van der Waals surface area contributed by atoms with Crippen molar-refractivity contribution in [1.82, 2.24) is 9.97 Å². The molecule has 1 aromatic heterocycles. The molecule has 0 radical (unpaired) electrons. The van der Waals surface area contributed by atoms with Gasteiger partial charge in [-0.25, -0.2) is 4.98 Å². The number of aryl methyl sites for hydroxylation is 1. The zero-order valence-corrected chi connectivity index (χ0v) is 15.5.